The van der Waals surface area contributed by atoms with E-state index in [-0.39, 0.29) is 21.7 Å². The number of H-pyrrole nitrogens is 2. The van der Waals surface area contributed by atoms with Gasteiger partial charge < -0.3 is 20.6 Å². The summed E-state index contributed by atoms with van der Waals surface area (Å²) in [5.74, 6) is 0. The number of carbonyl (C=O) groups excluding carboxylic acids is 2. The summed E-state index contributed by atoms with van der Waals surface area (Å²) in [7, 11) is 0. The van der Waals surface area contributed by atoms with Crippen LogP contribution in [-0.4, -0.2) is 32.8 Å². The minimum atomic E-state index is -0.0907. The Morgan fingerprint density at radius 2 is 0.614 bits per heavy atom. The van der Waals surface area contributed by atoms with Crippen molar-refractivity contribution in [2.45, 2.75) is 105 Å². The number of rotatable bonds is 8. The molecule has 7 aromatic rings. The third kappa shape index (κ3) is 9.06. The van der Waals surface area contributed by atoms with Gasteiger partial charge in [-0.3, -0.25) is 9.59 Å². The summed E-state index contributed by atoms with van der Waals surface area (Å²) in [6.07, 6.45) is 5.52. The topological polar surface area (TPSA) is 116 Å². The molecule has 0 saturated carbocycles. The Morgan fingerprint density at radius 3 is 0.871 bits per heavy atom. The maximum absolute atomic E-state index is 12.8. The van der Waals surface area contributed by atoms with E-state index in [1.54, 1.807) is 0 Å². The summed E-state index contributed by atoms with van der Waals surface area (Å²) >= 11 is 0. The van der Waals surface area contributed by atoms with Gasteiger partial charge in [-0.25, -0.2) is 9.97 Å². The number of hydrogen-bond acceptors (Lipinski definition) is 4. The average Bonchev–Trinajstić information content (AvgIpc) is 4.14. The predicted octanol–water partition coefficient (Wildman–Crippen LogP) is 14.7. The molecule has 3 aromatic heterocycles. The van der Waals surface area contributed by atoms with Gasteiger partial charge in [0.25, 0.3) is 0 Å². The van der Waals surface area contributed by atoms with Crippen LogP contribution in [0.25, 0.3) is 90.1 Å². The van der Waals surface area contributed by atoms with Crippen LogP contribution >= 0.6 is 0 Å². The first-order valence-electron chi connectivity index (χ1n) is 24.2. The zero-order valence-electron chi connectivity index (χ0n) is 42.6. The normalized spacial score (nSPS) is 13.1. The molecule has 2 aliphatic heterocycles. The van der Waals surface area contributed by atoms with E-state index >= 15 is 0 Å². The van der Waals surface area contributed by atoms with Crippen LogP contribution < -0.4 is 10.6 Å². The Hall–Kier alpha value is -7.58. The van der Waals surface area contributed by atoms with Crippen LogP contribution in [0.1, 0.15) is 128 Å². The van der Waals surface area contributed by atoms with Crippen molar-refractivity contribution in [3.8, 4) is 44.5 Å². The summed E-state index contributed by atoms with van der Waals surface area (Å²) in [5, 5.41) is 6.01. The van der Waals surface area contributed by atoms with Crippen molar-refractivity contribution in [2.75, 3.05) is 0 Å². The third-order valence-corrected chi connectivity index (χ3v) is 13.6. The van der Waals surface area contributed by atoms with Crippen LogP contribution in [-0.2, 0) is 31.2 Å². The lowest BCUT2D eigenvalue weighted by Crippen LogP contribution is -2.17. The molecule has 4 N–H and O–H groups in total. The minimum Gasteiger partial charge on any atom is -0.354 e. The van der Waals surface area contributed by atoms with Crippen molar-refractivity contribution in [3.63, 3.8) is 0 Å². The van der Waals surface area contributed by atoms with E-state index in [2.05, 4.69) is 237 Å². The molecule has 2 amide bonds. The molecule has 0 unspecified atom stereocenters. The zero-order chi connectivity index (χ0) is 49.9. The van der Waals surface area contributed by atoms with E-state index in [9.17, 15) is 9.59 Å². The van der Waals surface area contributed by atoms with Crippen LogP contribution in [0.3, 0.4) is 0 Å². The monoisotopic (exact) mass is 925 g/mol. The standard InChI is InChI=1S/C62H64N6O2/c1-59(2,3)41-21-13-37(14-22-41)51-45-29-30-46(65-45)52(38-15-23-42(24-16-38)60(4,5)6)48-32-34-50(67-48)54(40-19-27-44(28-20-40)62(10,11)12)56-58(64-36-70)57(63-35-69)55(68-56)53(49-33-31-47(51)66-49)39-17-25-43(26-18-39)61(7,8)9/h13-36,66-67H,1-12H3,(H,63,69)(H,64,70). The SMILES string of the molecule is CC(C)(C)c1ccc(-c2c3nc(c(-c4ccc(C(C)(C)C)cc4)c4ccc([nH]4)c(-c4ccc(C(C)(C)C)cc4)c4nc(c(-c5ccc(C(C)(C)C)cc5)c5ccc2[nH]5)C(NC=O)=C4NC=O)C=C3)cc1. The molecule has 354 valence electrons. The second kappa shape index (κ2) is 17.7. The van der Waals surface area contributed by atoms with E-state index in [0.717, 1.165) is 78.0 Å². The first kappa shape index (κ1) is 47.5. The molecule has 0 radical (unpaired) electrons. The fourth-order valence-electron chi connectivity index (χ4n) is 9.51. The molecule has 9 rings (SSSR count). The molecule has 0 aliphatic carbocycles. The number of nitrogens with zero attached hydrogens (tertiary/aromatic N) is 2. The quantitative estimate of drug-likeness (QED) is 0.114. The second-order valence-electron chi connectivity index (χ2n) is 22.7. The molecule has 0 saturated heterocycles. The molecule has 8 nitrogen and oxygen atoms in total. The van der Waals surface area contributed by atoms with Crippen molar-refractivity contribution in [2.24, 2.45) is 0 Å². The molecule has 8 bridgehead atoms. The molecule has 0 spiro atoms. The van der Waals surface area contributed by atoms with Gasteiger partial charge in [0.05, 0.1) is 34.2 Å². The number of hydrogen-bond donors (Lipinski definition) is 4. The Balaban J connectivity index is 1.50. The van der Waals surface area contributed by atoms with E-state index in [1.165, 1.54) is 22.3 Å². The highest BCUT2D eigenvalue weighted by molar-refractivity contribution is 6.07. The van der Waals surface area contributed by atoms with Crippen LogP contribution in [0.5, 0.6) is 0 Å². The van der Waals surface area contributed by atoms with Gasteiger partial charge in [-0.2, -0.15) is 0 Å². The minimum absolute atomic E-state index is 0.0356. The average molecular weight is 925 g/mol. The van der Waals surface area contributed by atoms with E-state index in [4.69, 9.17) is 9.97 Å². The Labute approximate surface area is 412 Å². The van der Waals surface area contributed by atoms with Gasteiger partial charge in [-0.15, -0.1) is 0 Å². The fraction of sp³-hybridized carbons (Fsp3) is 0.258. The fourth-order valence-corrected chi connectivity index (χ4v) is 9.51. The van der Waals surface area contributed by atoms with Crippen molar-refractivity contribution in [3.05, 3.63) is 166 Å². The number of fused-ring (bicyclic) bond motifs is 8. The van der Waals surface area contributed by atoms with Crippen molar-refractivity contribution in [1.82, 2.24) is 30.6 Å². The van der Waals surface area contributed by atoms with Crippen LogP contribution in [0, 0.1) is 0 Å². The number of nitrogens with one attached hydrogen (secondary N) is 4. The summed E-state index contributed by atoms with van der Waals surface area (Å²) in [4.78, 5) is 44.4. The van der Waals surface area contributed by atoms with E-state index in [0.29, 0.717) is 35.6 Å². The number of benzene rings is 4. The molecule has 4 aromatic carbocycles. The first-order valence-corrected chi connectivity index (χ1v) is 24.2. The third-order valence-electron chi connectivity index (χ3n) is 13.6. The van der Waals surface area contributed by atoms with Gasteiger partial charge in [0.1, 0.15) is 0 Å². The molecule has 5 heterocycles. The zero-order valence-corrected chi connectivity index (χ0v) is 42.6. The molecule has 0 atom stereocenters. The van der Waals surface area contributed by atoms with Gasteiger partial charge in [-0.05, 0) is 103 Å². The Kier molecular flexibility index (Phi) is 12.0. The second-order valence-corrected chi connectivity index (χ2v) is 22.7. The highest BCUT2D eigenvalue weighted by atomic mass is 16.1. The lowest BCUT2D eigenvalue weighted by molar-refractivity contribution is -0.109. The maximum atomic E-state index is 12.8. The Morgan fingerprint density at radius 1 is 0.357 bits per heavy atom. The van der Waals surface area contributed by atoms with Crippen LogP contribution in [0.4, 0.5) is 0 Å². The lowest BCUT2D eigenvalue weighted by Gasteiger charge is -2.19. The molecule has 2 aliphatic rings. The first-order chi connectivity index (χ1) is 33.1. The number of aromatic amines is 2. The summed E-state index contributed by atoms with van der Waals surface area (Å²) in [6, 6.07) is 42.9. The number of aromatic nitrogens is 4. The van der Waals surface area contributed by atoms with Crippen LogP contribution in [0.2, 0.25) is 0 Å². The highest BCUT2D eigenvalue weighted by Crippen LogP contribution is 2.43. The molecule has 8 heteroatoms. The summed E-state index contributed by atoms with van der Waals surface area (Å²) in [6.45, 7) is 26.5. The van der Waals surface area contributed by atoms with E-state index in [1.807, 2.05) is 0 Å². The van der Waals surface area contributed by atoms with Gasteiger partial charge in [0.2, 0.25) is 12.8 Å². The molecular weight excluding hydrogens is 861 g/mol. The molecule has 0 fully saturated rings. The predicted molar refractivity (Wildman–Crippen MR) is 292 cm³/mol. The maximum Gasteiger partial charge on any atom is 0.211 e. The highest BCUT2D eigenvalue weighted by Gasteiger charge is 2.29. The molecule has 70 heavy (non-hydrogen) atoms. The van der Waals surface area contributed by atoms with E-state index < -0.39 is 0 Å². The van der Waals surface area contributed by atoms with Gasteiger partial charge in [-0.1, -0.05) is 180 Å². The van der Waals surface area contributed by atoms with Gasteiger partial charge in [0.15, 0.2) is 0 Å². The van der Waals surface area contributed by atoms with Crippen molar-refractivity contribution >= 4 is 58.4 Å². The van der Waals surface area contributed by atoms with Crippen molar-refractivity contribution in [1.29, 1.82) is 0 Å². The lowest BCUT2D eigenvalue weighted by atomic mass is 9.86. The van der Waals surface area contributed by atoms with Crippen LogP contribution in [0.15, 0.2) is 121 Å². The van der Waals surface area contributed by atoms with Crippen molar-refractivity contribution < 1.29 is 9.59 Å². The summed E-state index contributed by atoms with van der Waals surface area (Å²) in [5.41, 5.74) is 18.2. The number of carbonyl (C=O) groups is 2. The molecular formula is C62H64N6O2. The smallest absolute Gasteiger partial charge is 0.211 e. The number of amides is 2. The largest absolute Gasteiger partial charge is 0.354 e. The van der Waals surface area contributed by atoms with Gasteiger partial charge in [0, 0.05) is 44.3 Å². The summed E-state index contributed by atoms with van der Waals surface area (Å²) < 4.78 is 0. The van der Waals surface area contributed by atoms with Gasteiger partial charge >= 0.3 is 0 Å². The Bertz CT molecular complexity index is 3170.